The van der Waals surface area contributed by atoms with E-state index in [0.29, 0.717) is 11.6 Å². The summed E-state index contributed by atoms with van der Waals surface area (Å²) in [7, 11) is 0. The Kier molecular flexibility index (Phi) is 7.32. The number of amides is 2. The molecule has 0 aromatic heterocycles. The summed E-state index contributed by atoms with van der Waals surface area (Å²) >= 11 is 0. The highest BCUT2D eigenvalue weighted by Gasteiger charge is 2.21. The predicted molar refractivity (Wildman–Crippen MR) is 109 cm³/mol. The molecular weight excluding hydrogens is 356 g/mol. The van der Waals surface area contributed by atoms with Gasteiger partial charge in [-0.2, -0.15) is 0 Å². The Hall–Kier alpha value is -3.15. The van der Waals surface area contributed by atoms with E-state index in [1.807, 2.05) is 24.3 Å². The van der Waals surface area contributed by atoms with E-state index in [1.54, 1.807) is 18.2 Å². The molecular formula is C22H26N2O4. The number of benzene rings is 2. The first kappa shape index (κ1) is 21.2. The van der Waals surface area contributed by atoms with Gasteiger partial charge in [-0.3, -0.25) is 9.59 Å². The Labute approximate surface area is 165 Å². The molecule has 0 aliphatic carbocycles. The number of anilines is 2. The average molecular weight is 382 g/mol. The van der Waals surface area contributed by atoms with Gasteiger partial charge in [-0.05, 0) is 49.1 Å². The first-order valence-electron chi connectivity index (χ1n) is 9.30. The van der Waals surface area contributed by atoms with Crippen LogP contribution < -0.4 is 10.6 Å². The second-order valence-corrected chi connectivity index (χ2v) is 6.70. The minimum atomic E-state index is -0.970. The molecule has 2 amide bonds. The molecule has 2 N–H and O–H groups in total. The first-order chi connectivity index (χ1) is 13.3. The quantitative estimate of drug-likeness (QED) is 0.698. The second kappa shape index (κ2) is 9.69. The van der Waals surface area contributed by atoms with Crippen molar-refractivity contribution in [3.63, 3.8) is 0 Å². The van der Waals surface area contributed by atoms with Gasteiger partial charge in [0.15, 0.2) is 6.10 Å². The van der Waals surface area contributed by atoms with Crippen molar-refractivity contribution in [2.24, 2.45) is 0 Å². The van der Waals surface area contributed by atoms with E-state index < -0.39 is 18.0 Å². The number of hydrogen-bond donors (Lipinski definition) is 2. The van der Waals surface area contributed by atoms with Crippen LogP contribution in [0.5, 0.6) is 0 Å². The van der Waals surface area contributed by atoms with Crippen molar-refractivity contribution in [2.75, 3.05) is 10.6 Å². The molecule has 0 unspecified atom stereocenters. The van der Waals surface area contributed by atoms with Crippen LogP contribution in [0.1, 0.15) is 56.0 Å². The summed E-state index contributed by atoms with van der Waals surface area (Å²) < 4.78 is 5.29. The van der Waals surface area contributed by atoms with Crippen molar-refractivity contribution in [2.45, 2.75) is 46.1 Å². The molecule has 0 aliphatic heterocycles. The van der Waals surface area contributed by atoms with Crippen molar-refractivity contribution < 1.29 is 19.1 Å². The molecule has 0 heterocycles. The monoisotopic (exact) mass is 382 g/mol. The van der Waals surface area contributed by atoms with Crippen LogP contribution in [0, 0.1) is 0 Å². The van der Waals surface area contributed by atoms with Crippen LogP contribution in [-0.2, 0) is 14.3 Å². The van der Waals surface area contributed by atoms with Gasteiger partial charge in [-0.15, -0.1) is 0 Å². The van der Waals surface area contributed by atoms with E-state index in [0.717, 1.165) is 17.7 Å². The lowest BCUT2D eigenvalue weighted by Crippen LogP contribution is -2.30. The fourth-order valence-corrected chi connectivity index (χ4v) is 2.70. The molecule has 2 aromatic carbocycles. The highest BCUT2D eigenvalue weighted by atomic mass is 16.5. The van der Waals surface area contributed by atoms with Gasteiger partial charge in [0, 0.05) is 18.3 Å². The molecule has 0 saturated carbocycles. The Morgan fingerprint density at radius 3 is 2.39 bits per heavy atom. The molecule has 2 aromatic rings. The normalized spacial score (nSPS) is 12.6. The van der Waals surface area contributed by atoms with E-state index in [-0.39, 0.29) is 11.5 Å². The Balaban J connectivity index is 2.05. The van der Waals surface area contributed by atoms with Gasteiger partial charge in [0.1, 0.15) is 0 Å². The lowest BCUT2D eigenvalue weighted by atomic mass is 9.97. The molecule has 0 radical (unpaired) electrons. The minimum absolute atomic E-state index is 0.238. The number of nitrogens with one attached hydrogen (secondary N) is 2. The maximum Gasteiger partial charge on any atom is 0.338 e. The number of esters is 1. The zero-order valence-corrected chi connectivity index (χ0v) is 16.6. The van der Waals surface area contributed by atoms with Gasteiger partial charge >= 0.3 is 5.97 Å². The standard InChI is InChI=1S/C22H26N2O4/c1-5-14(2)19-11-6-7-12-20(19)24-21(26)15(3)28-22(27)17-9-8-10-18(13-17)23-16(4)25/h6-15H,5H2,1-4H3,(H,23,25)(H,24,26)/t14-,15+/m0/s1. The van der Waals surface area contributed by atoms with Crippen molar-refractivity contribution in [3.8, 4) is 0 Å². The van der Waals surface area contributed by atoms with E-state index >= 15 is 0 Å². The van der Waals surface area contributed by atoms with Crippen molar-refractivity contribution in [1.29, 1.82) is 0 Å². The number of hydrogen-bond acceptors (Lipinski definition) is 4. The predicted octanol–water partition coefficient (Wildman–Crippen LogP) is 4.34. The summed E-state index contributed by atoms with van der Waals surface area (Å²) in [5.41, 5.74) is 2.50. The molecule has 6 heteroatoms. The van der Waals surface area contributed by atoms with Crippen molar-refractivity contribution >= 4 is 29.2 Å². The molecule has 0 fully saturated rings. The fraction of sp³-hybridized carbons (Fsp3) is 0.318. The number of carbonyl (C=O) groups excluding carboxylic acids is 3. The fourth-order valence-electron chi connectivity index (χ4n) is 2.70. The number of rotatable bonds is 7. The van der Waals surface area contributed by atoms with Gasteiger partial charge in [-0.25, -0.2) is 4.79 Å². The summed E-state index contributed by atoms with van der Waals surface area (Å²) in [5, 5.41) is 5.45. The van der Waals surface area contributed by atoms with Gasteiger partial charge in [0.25, 0.3) is 5.91 Å². The van der Waals surface area contributed by atoms with Crippen LogP contribution in [0.3, 0.4) is 0 Å². The summed E-state index contributed by atoms with van der Waals surface area (Å²) in [4.78, 5) is 36.0. The zero-order valence-electron chi connectivity index (χ0n) is 16.6. The minimum Gasteiger partial charge on any atom is -0.449 e. The molecule has 0 spiro atoms. The molecule has 2 rings (SSSR count). The summed E-state index contributed by atoms with van der Waals surface area (Å²) in [6, 6.07) is 14.0. The highest BCUT2D eigenvalue weighted by molar-refractivity contribution is 5.98. The third kappa shape index (κ3) is 5.67. The number of ether oxygens (including phenoxy) is 1. The molecule has 0 aliphatic rings. The molecule has 6 nitrogen and oxygen atoms in total. The molecule has 0 bridgehead atoms. The molecule has 148 valence electrons. The van der Waals surface area contributed by atoms with E-state index in [1.165, 1.54) is 19.9 Å². The lowest BCUT2D eigenvalue weighted by molar-refractivity contribution is -0.123. The van der Waals surface area contributed by atoms with E-state index in [2.05, 4.69) is 24.5 Å². The third-order valence-electron chi connectivity index (χ3n) is 4.43. The zero-order chi connectivity index (χ0) is 20.7. The SMILES string of the molecule is CC[C@H](C)c1ccccc1NC(=O)[C@@H](C)OC(=O)c1cccc(NC(C)=O)c1. The van der Waals surface area contributed by atoms with E-state index in [4.69, 9.17) is 4.74 Å². The average Bonchev–Trinajstić information content (AvgIpc) is 2.67. The van der Waals surface area contributed by atoms with Crippen LogP contribution in [0.25, 0.3) is 0 Å². The second-order valence-electron chi connectivity index (χ2n) is 6.70. The topological polar surface area (TPSA) is 84.5 Å². The smallest absolute Gasteiger partial charge is 0.338 e. The first-order valence-corrected chi connectivity index (χ1v) is 9.30. The van der Waals surface area contributed by atoms with Gasteiger partial charge in [0.05, 0.1) is 5.56 Å². The van der Waals surface area contributed by atoms with Crippen LogP contribution in [-0.4, -0.2) is 23.9 Å². The highest BCUT2D eigenvalue weighted by Crippen LogP contribution is 2.26. The lowest BCUT2D eigenvalue weighted by Gasteiger charge is -2.18. The third-order valence-corrected chi connectivity index (χ3v) is 4.43. The van der Waals surface area contributed by atoms with Crippen LogP contribution >= 0.6 is 0 Å². The Morgan fingerprint density at radius 2 is 1.71 bits per heavy atom. The van der Waals surface area contributed by atoms with Gasteiger partial charge < -0.3 is 15.4 Å². The molecule has 28 heavy (non-hydrogen) atoms. The van der Waals surface area contributed by atoms with Crippen molar-refractivity contribution in [3.05, 3.63) is 59.7 Å². The summed E-state index contributed by atoms with van der Waals surface area (Å²) in [6.45, 7) is 7.09. The van der Waals surface area contributed by atoms with Crippen LogP contribution in [0.15, 0.2) is 48.5 Å². The molecule has 0 saturated heterocycles. The van der Waals surface area contributed by atoms with Crippen molar-refractivity contribution in [1.82, 2.24) is 0 Å². The number of carbonyl (C=O) groups is 3. The summed E-state index contributed by atoms with van der Waals surface area (Å²) in [5.74, 6) is -0.976. The van der Waals surface area contributed by atoms with Gasteiger partial charge in [0.2, 0.25) is 5.91 Å². The maximum atomic E-state index is 12.5. The Morgan fingerprint density at radius 1 is 1.00 bits per heavy atom. The van der Waals surface area contributed by atoms with Crippen LogP contribution in [0.2, 0.25) is 0 Å². The largest absolute Gasteiger partial charge is 0.449 e. The number of para-hydroxylation sites is 1. The van der Waals surface area contributed by atoms with Gasteiger partial charge in [-0.1, -0.05) is 38.1 Å². The van der Waals surface area contributed by atoms with Crippen LogP contribution in [0.4, 0.5) is 11.4 Å². The summed E-state index contributed by atoms with van der Waals surface area (Å²) in [6.07, 6.45) is -0.0240. The Bertz CT molecular complexity index is 863. The van der Waals surface area contributed by atoms with E-state index in [9.17, 15) is 14.4 Å². The maximum absolute atomic E-state index is 12.5. The molecule has 2 atom stereocenters.